The van der Waals surface area contributed by atoms with Crippen LogP contribution in [-0.4, -0.2) is 24.5 Å². The molecule has 0 saturated heterocycles. The lowest BCUT2D eigenvalue weighted by molar-refractivity contribution is 0.170. The molecule has 23 heavy (non-hydrogen) atoms. The van der Waals surface area contributed by atoms with Gasteiger partial charge in [0.25, 0.3) is 0 Å². The van der Waals surface area contributed by atoms with Gasteiger partial charge in [0, 0.05) is 23.9 Å². The van der Waals surface area contributed by atoms with E-state index in [1.807, 2.05) is 0 Å². The number of benzene rings is 2. The predicted octanol–water partition coefficient (Wildman–Crippen LogP) is 2.41. The molecule has 3 N–H and O–H groups in total. The van der Waals surface area contributed by atoms with E-state index in [9.17, 15) is 14.3 Å². The van der Waals surface area contributed by atoms with Gasteiger partial charge in [-0.25, -0.2) is 9.18 Å². The highest BCUT2D eigenvalue weighted by atomic mass is 19.1. The Morgan fingerprint density at radius 3 is 2.83 bits per heavy atom. The van der Waals surface area contributed by atoms with Crippen LogP contribution in [0.1, 0.15) is 11.7 Å². The number of rotatable bonds is 4. The largest absolute Gasteiger partial charge is 0.454 e. The third-order valence-corrected chi connectivity index (χ3v) is 3.35. The number of halogens is 1. The first-order valence-electron chi connectivity index (χ1n) is 7.00. The molecule has 0 fully saturated rings. The monoisotopic (exact) mass is 318 g/mol. The van der Waals surface area contributed by atoms with Crippen LogP contribution >= 0.6 is 0 Å². The standard InChI is InChI=1S/C16H15FN2O4/c17-12-4-2-1-3-11(12)13(20)8-18-16(21)19-10-5-6-14-15(7-10)23-9-22-14/h1-7,13,20H,8-9H2,(H2,18,19,21). The van der Waals surface area contributed by atoms with Crippen LogP contribution < -0.4 is 20.1 Å². The second-order valence-electron chi connectivity index (χ2n) is 4.94. The fourth-order valence-corrected chi connectivity index (χ4v) is 2.19. The molecule has 1 heterocycles. The highest BCUT2D eigenvalue weighted by molar-refractivity contribution is 5.89. The summed E-state index contributed by atoms with van der Waals surface area (Å²) in [4.78, 5) is 11.8. The fraction of sp³-hybridized carbons (Fsp3) is 0.188. The van der Waals surface area contributed by atoms with Gasteiger partial charge in [-0.05, 0) is 18.2 Å². The number of aliphatic hydroxyl groups is 1. The van der Waals surface area contributed by atoms with E-state index in [2.05, 4.69) is 10.6 Å². The average molecular weight is 318 g/mol. The van der Waals surface area contributed by atoms with Crippen molar-refractivity contribution in [1.82, 2.24) is 5.32 Å². The van der Waals surface area contributed by atoms with Crippen LogP contribution in [0.25, 0.3) is 0 Å². The molecule has 0 radical (unpaired) electrons. The van der Waals surface area contributed by atoms with Gasteiger partial charge in [0.05, 0.1) is 6.10 Å². The molecule has 0 aromatic heterocycles. The molecule has 1 aliphatic rings. The van der Waals surface area contributed by atoms with E-state index in [-0.39, 0.29) is 18.9 Å². The van der Waals surface area contributed by atoms with E-state index in [0.717, 1.165) is 0 Å². The van der Waals surface area contributed by atoms with Crippen molar-refractivity contribution in [3.05, 3.63) is 53.8 Å². The fourth-order valence-electron chi connectivity index (χ4n) is 2.19. The van der Waals surface area contributed by atoms with Gasteiger partial charge in [-0.15, -0.1) is 0 Å². The number of carbonyl (C=O) groups excluding carboxylic acids is 1. The van der Waals surface area contributed by atoms with Crippen LogP contribution in [0.3, 0.4) is 0 Å². The molecule has 0 aliphatic carbocycles. The van der Waals surface area contributed by atoms with Crippen molar-refractivity contribution < 1.29 is 23.8 Å². The Hall–Kier alpha value is -2.80. The summed E-state index contributed by atoms with van der Waals surface area (Å²) in [6.07, 6.45) is -1.13. The van der Waals surface area contributed by atoms with Crippen LogP contribution in [-0.2, 0) is 0 Å². The van der Waals surface area contributed by atoms with Gasteiger partial charge in [-0.1, -0.05) is 18.2 Å². The summed E-state index contributed by atoms with van der Waals surface area (Å²) in [6.45, 7) is 0.0388. The highest BCUT2D eigenvalue weighted by Gasteiger charge is 2.15. The molecule has 0 saturated carbocycles. The Balaban J connectivity index is 1.54. The topological polar surface area (TPSA) is 79.8 Å². The minimum Gasteiger partial charge on any atom is -0.454 e. The van der Waals surface area contributed by atoms with E-state index in [1.54, 1.807) is 24.3 Å². The molecule has 1 aliphatic heterocycles. The van der Waals surface area contributed by atoms with Gasteiger partial charge >= 0.3 is 6.03 Å². The first-order valence-corrected chi connectivity index (χ1v) is 7.00. The Kier molecular flexibility index (Phi) is 4.29. The molecule has 2 aromatic rings. The number of fused-ring (bicyclic) bond motifs is 1. The Morgan fingerprint density at radius 2 is 2.00 bits per heavy atom. The third kappa shape index (κ3) is 3.51. The summed E-state index contributed by atoms with van der Waals surface area (Å²) in [5, 5.41) is 15.0. The maximum atomic E-state index is 13.5. The molecule has 1 atom stereocenters. The molecule has 1 unspecified atom stereocenters. The van der Waals surface area contributed by atoms with Gasteiger partial charge in [0.1, 0.15) is 5.82 Å². The Bertz CT molecular complexity index is 723. The SMILES string of the molecule is O=C(NCC(O)c1ccccc1F)Nc1ccc2c(c1)OCO2. The molecule has 2 aromatic carbocycles. The molecular weight excluding hydrogens is 303 g/mol. The van der Waals surface area contributed by atoms with Gasteiger partial charge in [0.2, 0.25) is 6.79 Å². The van der Waals surface area contributed by atoms with Crippen LogP contribution in [0, 0.1) is 5.82 Å². The van der Waals surface area contributed by atoms with Crippen molar-refractivity contribution in [3.63, 3.8) is 0 Å². The van der Waals surface area contributed by atoms with E-state index < -0.39 is 18.0 Å². The lowest BCUT2D eigenvalue weighted by Crippen LogP contribution is -2.32. The average Bonchev–Trinajstić information content (AvgIpc) is 3.01. The van der Waals surface area contributed by atoms with Crippen LogP contribution in [0.15, 0.2) is 42.5 Å². The maximum absolute atomic E-state index is 13.5. The van der Waals surface area contributed by atoms with Crippen molar-refractivity contribution in [2.75, 3.05) is 18.7 Å². The molecule has 3 rings (SSSR count). The number of anilines is 1. The van der Waals surface area contributed by atoms with Crippen LogP contribution in [0.2, 0.25) is 0 Å². The number of carbonyl (C=O) groups is 1. The zero-order chi connectivity index (χ0) is 16.2. The summed E-state index contributed by atoms with van der Waals surface area (Å²) in [5.74, 6) is 0.651. The molecule has 2 amide bonds. The molecule has 120 valence electrons. The summed E-state index contributed by atoms with van der Waals surface area (Å²) in [5.41, 5.74) is 0.656. The number of hydrogen-bond donors (Lipinski definition) is 3. The lowest BCUT2D eigenvalue weighted by atomic mass is 10.1. The normalized spacial score (nSPS) is 13.5. The van der Waals surface area contributed by atoms with Gasteiger partial charge in [0.15, 0.2) is 11.5 Å². The van der Waals surface area contributed by atoms with Crippen molar-refractivity contribution in [2.24, 2.45) is 0 Å². The van der Waals surface area contributed by atoms with Crippen molar-refractivity contribution in [1.29, 1.82) is 0 Å². The predicted molar refractivity (Wildman–Crippen MR) is 80.9 cm³/mol. The highest BCUT2D eigenvalue weighted by Crippen LogP contribution is 2.34. The molecule has 7 heteroatoms. The van der Waals surface area contributed by atoms with E-state index in [0.29, 0.717) is 17.2 Å². The van der Waals surface area contributed by atoms with Gasteiger partial charge < -0.3 is 25.2 Å². The maximum Gasteiger partial charge on any atom is 0.319 e. The molecular formula is C16H15FN2O4. The molecule has 6 nitrogen and oxygen atoms in total. The van der Waals surface area contributed by atoms with Crippen molar-refractivity contribution in [3.8, 4) is 11.5 Å². The van der Waals surface area contributed by atoms with Crippen molar-refractivity contribution in [2.45, 2.75) is 6.10 Å². The van der Waals surface area contributed by atoms with Crippen LogP contribution in [0.4, 0.5) is 14.9 Å². The summed E-state index contributed by atoms with van der Waals surface area (Å²) in [7, 11) is 0. The first-order chi connectivity index (χ1) is 11.1. The zero-order valence-electron chi connectivity index (χ0n) is 12.1. The number of amides is 2. The van der Waals surface area contributed by atoms with Gasteiger partial charge in [-0.2, -0.15) is 0 Å². The number of urea groups is 1. The summed E-state index contributed by atoms with van der Waals surface area (Å²) < 4.78 is 23.9. The number of ether oxygens (including phenoxy) is 2. The Morgan fingerprint density at radius 1 is 1.22 bits per heavy atom. The smallest absolute Gasteiger partial charge is 0.319 e. The van der Waals surface area contributed by atoms with Crippen LogP contribution in [0.5, 0.6) is 11.5 Å². The molecule has 0 spiro atoms. The quantitative estimate of drug-likeness (QED) is 0.809. The molecule has 0 bridgehead atoms. The first kappa shape index (κ1) is 15.1. The number of hydrogen-bond acceptors (Lipinski definition) is 4. The van der Waals surface area contributed by atoms with E-state index in [1.165, 1.54) is 18.2 Å². The number of aliphatic hydroxyl groups excluding tert-OH is 1. The summed E-state index contributed by atoms with van der Waals surface area (Å²) in [6, 6.07) is 10.4. The van der Waals surface area contributed by atoms with E-state index >= 15 is 0 Å². The second kappa shape index (κ2) is 6.53. The van der Waals surface area contributed by atoms with Crippen molar-refractivity contribution >= 4 is 11.7 Å². The second-order valence-corrected chi connectivity index (χ2v) is 4.94. The van der Waals surface area contributed by atoms with Gasteiger partial charge in [-0.3, -0.25) is 0 Å². The lowest BCUT2D eigenvalue weighted by Gasteiger charge is -2.13. The summed E-state index contributed by atoms with van der Waals surface area (Å²) >= 11 is 0. The minimum atomic E-state index is -1.13. The zero-order valence-corrected chi connectivity index (χ0v) is 12.1. The minimum absolute atomic E-state index is 0.114. The Labute approximate surface area is 131 Å². The third-order valence-electron chi connectivity index (χ3n) is 3.35. The number of nitrogens with one attached hydrogen (secondary N) is 2. The van der Waals surface area contributed by atoms with E-state index in [4.69, 9.17) is 9.47 Å².